The lowest BCUT2D eigenvalue weighted by Gasteiger charge is -2.48. The lowest BCUT2D eigenvalue weighted by atomic mass is 9.77. The topological polar surface area (TPSA) is 209 Å². The highest BCUT2D eigenvalue weighted by molar-refractivity contribution is 5.85. The number of fused-ring (bicyclic) bond motifs is 1. The molecule has 3 saturated heterocycles. The van der Waals surface area contributed by atoms with Gasteiger partial charge in [-0.15, -0.1) is 0 Å². The average Bonchev–Trinajstić information content (AvgIpc) is 3.28. The lowest BCUT2D eigenvalue weighted by molar-refractivity contribution is -0.318. The molecule has 386 valence electrons. The number of nitrogens with one attached hydrogen (secondary N) is 1. The van der Waals surface area contributed by atoms with E-state index in [1.807, 2.05) is 94.1 Å². The highest BCUT2D eigenvalue weighted by Crippen LogP contribution is 2.40. The van der Waals surface area contributed by atoms with Crippen LogP contribution in [0, 0.1) is 17.8 Å². The SMILES string of the molecule is CC[C@H]1OC(=O)[C@H](C)[C@@H](O[C@H]2C[C@@](C)(OC)[C@@H](O)[C@H](C)O2)[C@H](C)[C@@H](O[C@@H]2O[C@H](C)C[C@H](N(C)C)[C@H]2O)[C@](C)(O)C[C@@H](C)CN(CCCNC(=O)Cc2ccc3ccccc3c2)[C@H](C)[C@@H](O)[C@]1(C)O. The van der Waals surface area contributed by atoms with Crippen LogP contribution in [0.2, 0.25) is 0 Å². The van der Waals surface area contributed by atoms with E-state index in [-0.39, 0.29) is 49.7 Å². The molecular formula is C52H85N3O13. The lowest BCUT2D eigenvalue weighted by Crippen LogP contribution is -2.60. The minimum atomic E-state index is -1.91. The van der Waals surface area contributed by atoms with Crippen LogP contribution in [0.5, 0.6) is 0 Å². The van der Waals surface area contributed by atoms with Gasteiger partial charge in [-0.3, -0.25) is 14.5 Å². The maximum absolute atomic E-state index is 14.6. The van der Waals surface area contributed by atoms with Crippen LogP contribution in [-0.4, -0.2) is 178 Å². The van der Waals surface area contributed by atoms with Crippen molar-refractivity contribution in [3.05, 3.63) is 48.0 Å². The number of hydrogen-bond donors (Lipinski definition) is 6. The molecule has 6 N–H and O–H groups in total. The van der Waals surface area contributed by atoms with Crippen molar-refractivity contribution in [2.75, 3.05) is 40.8 Å². The average molecular weight is 960 g/mol. The summed E-state index contributed by atoms with van der Waals surface area (Å²) in [7, 11) is 5.26. The zero-order chi connectivity index (χ0) is 50.5. The van der Waals surface area contributed by atoms with E-state index in [1.165, 1.54) is 14.0 Å². The van der Waals surface area contributed by atoms with Gasteiger partial charge in [-0.25, -0.2) is 0 Å². The summed E-state index contributed by atoms with van der Waals surface area (Å²) >= 11 is 0. The third-order valence-corrected chi connectivity index (χ3v) is 15.2. The molecule has 0 radical (unpaired) electrons. The normalized spacial score (nSPS) is 40.6. The van der Waals surface area contributed by atoms with Crippen molar-refractivity contribution < 1.29 is 63.5 Å². The molecule has 2 aromatic carbocycles. The number of benzene rings is 2. The number of nitrogens with zero attached hydrogens (tertiary/aromatic N) is 2. The molecule has 5 rings (SSSR count). The molecule has 1 amide bonds. The predicted octanol–water partition coefficient (Wildman–Crippen LogP) is 4.17. The molecule has 18 atom stereocenters. The minimum Gasteiger partial charge on any atom is -0.459 e. The Morgan fingerprint density at radius 3 is 2.25 bits per heavy atom. The first-order valence-electron chi connectivity index (χ1n) is 24.8. The predicted molar refractivity (Wildman–Crippen MR) is 258 cm³/mol. The van der Waals surface area contributed by atoms with Crippen LogP contribution < -0.4 is 5.32 Å². The van der Waals surface area contributed by atoms with Crippen molar-refractivity contribution in [3.63, 3.8) is 0 Å². The number of carbonyl (C=O) groups is 2. The Balaban J connectivity index is 1.47. The van der Waals surface area contributed by atoms with Crippen LogP contribution in [0.25, 0.3) is 10.8 Å². The summed E-state index contributed by atoms with van der Waals surface area (Å²) in [4.78, 5) is 31.7. The molecule has 3 heterocycles. The molecule has 3 aliphatic heterocycles. The fraction of sp³-hybridized carbons (Fsp3) is 0.769. The smallest absolute Gasteiger partial charge is 0.311 e. The molecule has 0 spiro atoms. The van der Waals surface area contributed by atoms with Crippen LogP contribution in [0.15, 0.2) is 42.5 Å². The van der Waals surface area contributed by atoms with Crippen LogP contribution in [0.3, 0.4) is 0 Å². The summed E-state index contributed by atoms with van der Waals surface area (Å²) in [6.07, 6.45) is -8.23. The summed E-state index contributed by atoms with van der Waals surface area (Å²) in [6.45, 7) is 18.7. The van der Waals surface area contributed by atoms with E-state index in [1.54, 1.807) is 34.6 Å². The molecule has 0 unspecified atom stereocenters. The minimum absolute atomic E-state index is 0.103. The zero-order valence-corrected chi connectivity index (χ0v) is 43.0. The van der Waals surface area contributed by atoms with Gasteiger partial charge in [-0.2, -0.15) is 0 Å². The van der Waals surface area contributed by atoms with Crippen molar-refractivity contribution in [2.24, 2.45) is 17.8 Å². The maximum Gasteiger partial charge on any atom is 0.311 e. The molecule has 0 aliphatic carbocycles. The first-order chi connectivity index (χ1) is 31.8. The second kappa shape index (κ2) is 23.6. The second-order valence-corrected chi connectivity index (χ2v) is 21.3. The molecule has 3 aliphatic rings. The van der Waals surface area contributed by atoms with Gasteiger partial charge in [0.25, 0.3) is 0 Å². The Kier molecular flexibility index (Phi) is 19.5. The van der Waals surface area contributed by atoms with E-state index in [9.17, 15) is 35.1 Å². The third kappa shape index (κ3) is 13.4. The molecular weight excluding hydrogens is 875 g/mol. The van der Waals surface area contributed by atoms with Gasteiger partial charge in [0, 0.05) is 51.2 Å². The van der Waals surface area contributed by atoms with E-state index in [4.69, 9.17) is 28.4 Å². The largest absolute Gasteiger partial charge is 0.459 e. The van der Waals surface area contributed by atoms with Crippen molar-refractivity contribution in [1.82, 2.24) is 15.1 Å². The number of aliphatic hydroxyl groups excluding tert-OH is 3. The number of amides is 1. The number of hydrogen-bond acceptors (Lipinski definition) is 15. The van der Waals surface area contributed by atoms with Crippen molar-refractivity contribution >= 4 is 22.6 Å². The molecule has 68 heavy (non-hydrogen) atoms. The quantitative estimate of drug-likeness (QED) is 0.123. The number of likely N-dealkylation sites (N-methyl/N-ethyl adjacent to an activating group) is 1. The molecule has 0 bridgehead atoms. The number of cyclic esters (lactones) is 1. The van der Waals surface area contributed by atoms with E-state index in [2.05, 4.69) is 5.32 Å². The van der Waals surface area contributed by atoms with E-state index in [0.717, 1.165) is 16.3 Å². The van der Waals surface area contributed by atoms with Gasteiger partial charge in [0.1, 0.15) is 30.0 Å². The number of carbonyl (C=O) groups excluding carboxylic acids is 2. The van der Waals surface area contributed by atoms with Gasteiger partial charge < -0.3 is 64.2 Å². The number of esters is 1. The third-order valence-electron chi connectivity index (χ3n) is 15.2. The molecule has 16 nitrogen and oxygen atoms in total. The Hall–Kier alpha value is -2.84. The van der Waals surface area contributed by atoms with Crippen LogP contribution in [-0.2, 0) is 44.4 Å². The van der Waals surface area contributed by atoms with Crippen molar-refractivity contribution in [2.45, 2.75) is 198 Å². The van der Waals surface area contributed by atoms with Crippen LogP contribution in [0.1, 0.15) is 107 Å². The van der Waals surface area contributed by atoms with Gasteiger partial charge in [0.15, 0.2) is 12.6 Å². The first kappa shape index (κ1) is 56.1. The number of methoxy groups -OCH3 is 1. The van der Waals surface area contributed by atoms with Gasteiger partial charge in [-0.05, 0) is 110 Å². The summed E-state index contributed by atoms with van der Waals surface area (Å²) in [5, 5.41) is 65.2. The van der Waals surface area contributed by atoms with Gasteiger partial charge >= 0.3 is 5.97 Å². The Morgan fingerprint density at radius 2 is 1.60 bits per heavy atom. The Labute approximate surface area is 404 Å². The first-order valence-corrected chi connectivity index (χ1v) is 24.8. The number of rotatable bonds is 13. The van der Waals surface area contributed by atoms with Crippen molar-refractivity contribution in [1.29, 1.82) is 0 Å². The molecule has 16 heteroatoms. The Morgan fingerprint density at radius 1 is 0.926 bits per heavy atom. The summed E-state index contributed by atoms with van der Waals surface area (Å²) in [5.41, 5.74) is -3.71. The number of ether oxygens (including phenoxy) is 6. The number of aliphatic hydroxyl groups is 5. The van der Waals surface area contributed by atoms with Gasteiger partial charge in [0.2, 0.25) is 5.91 Å². The van der Waals surface area contributed by atoms with E-state index >= 15 is 0 Å². The van der Waals surface area contributed by atoms with Gasteiger partial charge in [-0.1, -0.05) is 63.2 Å². The van der Waals surface area contributed by atoms with Crippen molar-refractivity contribution in [3.8, 4) is 0 Å². The van der Waals surface area contributed by atoms with Crippen LogP contribution >= 0.6 is 0 Å². The van der Waals surface area contributed by atoms with Gasteiger partial charge in [0.05, 0.1) is 48.0 Å². The second-order valence-electron chi connectivity index (χ2n) is 21.3. The highest BCUT2D eigenvalue weighted by Gasteiger charge is 2.53. The molecule has 2 aromatic rings. The maximum atomic E-state index is 14.6. The standard InChI is InChI=1S/C52H85N3O13/c1-14-40-52(10,62)45(58)34(6)55(23-17-22-53-41(56)26-36-20-21-37-18-15-16-19-38(37)25-36)29-30(2)27-50(8,61)47(68-49-43(57)39(54(11)12)24-31(3)64-49)32(4)44(33(5)48(60)66-40)67-42-28-51(9,63-13)46(59)35(7)65-42/h15-16,18-21,25,30-35,39-40,42-47,49,57-59,61-62H,14,17,22-24,26-29H2,1-13H3,(H,53,56)/t30-,31-,32+,33-,34-,35+,39+,40-,42+,43-,44+,45-,46+,47-,49+,50-,51-,52-/m1/s1. The monoisotopic (exact) mass is 960 g/mol. The highest BCUT2D eigenvalue weighted by atomic mass is 16.7. The molecule has 0 aromatic heterocycles. The Bertz CT molecular complexity index is 1940. The summed E-state index contributed by atoms with van der Waals surface area (Å²) in [5.74, 6) is -2.97. The van der Waals surface area contributed by atoms with E-state index in [0.29, 0.717) is 32.5 Å². The molecule has 3 fully saturated rings. The van der Waals surface area contributed by atoms with E-state index < -0.39 is 96.0 Å². The van der Waals surface area contributed by atoms with Crippen LogP contribution in [0.4, 0.5) is 0 Å². The molecule has 0 saturated carbocycles. The zero-order valence-electron chi connectivity index (χ0n) is 43.0. The fourth-order valence-electron chi connectivity index (χ4n) is 11.0. The fourth-order valence-corrected chi connectivity index (χ4v) is 11.0. The summed E-state index contributed by atoms with van der Waals surface area (Å²) in [6, 6.07) is 13.0. The summed E-state index contributed by atoms with van der Waals surface area (Å²) < 4.78 is 38.1.